The van der Waals surface area contributed by atoms with Crippen molar-refractivity contribution in [3.8, 4) is 0 Å². The largest absolute Gasteiger partial charge is 0.446 e. The second-order valence-corrected chi connectivity index (χ2v) is 8.15. The summed E-state index contributed by atoms with van der Waals surface area (Å²) in [7, 11) is 1.86. The molecule has 0 saturated carbocycles. The van der Waals surface area contributed by atoms with E-state index in [1.54, 1.807) is 20.0 Å². The van der Waals surface area contributed by atoms with Crippen LogP contribution < -0.4 is 16.2 Å². The van der Waals surface area contributed by atoms with E-state index in [2.05, 4.69) is 20.7 Å². The Kier molecular flexibility index (Phi) is 7.82. The number of nitrogens with zero attached hydrogens (tertiary/aromatic N) is 3. The lowest BCUT2D eigenvalue weighted by Gasteiger charge is -2.12. The van der Waals surface area contributed by atoms with Gasteiger partial charge in [-0.15, -0.1) is 0 Å². The van der Waals surface area contributed by atoms with E-state index in [0.29, 0.717) is 48.1 Å². The van der Waals surface area contributed by atoms with Crippen LogP contribution in [0.15, 0.2) is 33.6 Å². The predicted molar refractivity (Wildman–Crippen MR) is 123 cm³/mol. The Morgan fingerprint density at radius 2 is 1.97 bits per heavy atom. The first kappa shape index (κ1) is 23.7. The molecule has 0 saturated heterocycles. The number of amides is 1. The minimum absolute atomic E-state index is 0.0167. The van der Waals surface area contributed by atoms with Gasteiger partial charge in [0.05, 0.1) is 24.9 Å². The summed E-state index contributed by atoms with van der Waals surface area (Å²) in [6.07, 6.45) is 2.12. The van der Waals surface area contributed by atoms with Crippen LogP contribution in [0.25, 0.3) is 0 Å². The maximum Gasteiger partial charge on any atom is 0.270 e. The van der Waals surface area contributed by atoms with Crippen LogP contribution in [0.5, 0.6) is 0 Å². The Bertz CT molecular complexity index is 1170. The third-order valence-electron chi connectivity index (χ3n) is 5.27. The molecular formula is C23H28ClN5O3. The van der Waals surface area contributed by atoms with Gasteiger partial charge in [0.25, 0.3) is 5.56 Å². The van der Waals surface area contributed by atoms with Crippen LogP contribution in [-0.2, 0) is 37.3 Å². The number of hydrogen-bond acceptors (Lipinski definition) is 6. The smallest absolute Gasteiger partial charge is 0.270 e. The zero-order valence-corrected chi connectivity index (χ0v) is 19.5. The van der Waals surface area contributed by atoms with Crippen LogP contribution >= 0.6 is 11.6 Å². The van der Waals surface area contributed by atoms with E-state index in [1.165, 1.54) is 4.68 Å². The Labute approximate surface area is 192 Å². The highest BCUT2D eigenvalue weighted by atomic mass is 35.5. The fourth-order valence-electron chi connectivity index (χ4n) is 3.54. The second kappa shape index (κ2) is 10.6. The van der Waals surface area contributed by atoms with Crippen molar-refractivity contribution in [3.05, 3.63) is 79.4 Å². The number of nitrogens with one attached hydrogen (secondary N) is 2. The average molecular weight is 458 g/mol. The van der Waals surface area contributed by atoms with Crippen molar-refractivity contribution in [2.24, 2.45) is 0 Å². The molecular weight excluding hydrogens is 430 g/mol. The first-order valence-electron chi connectivity index (χ1n) is 10.5. The summed E-state index contributed by atoms with van der Waals surface area (Å²) in [5.41, 5.74) is 3.65. The third kappa shape index (κ3) is 5.83. The summed E-state index contributed by atoms with van der Waals surface area (Å²) >= 11 is 6.11. The lowest BCUT2D eigenvalue weighted by Crippen LogP contribution is -2.32. The van der Waals surface area contributed by atoms with E-state index in [0.717, 1.165) is 22.6 Å². The number of oxazole rings is 1. The second-order valence-electron chi connectivity index (χ2n) is 7.72. The van der Waals surface area contributed by atoms with Gasteiger partial charge in [0.15, 0.2) is 5.89 Å². The molecule has 0 unspecified atom stereocenters. The fraction of sp³-hybridized carbons (Fsp3) is 0.391. The van der Waals surface area contributed by atoms with Crippen molar-refractivity contribution in [1.29, 1.82) is 0 Å². The van der Waals surface area contributed by atoms with Gasteiger partial charge in [0.1, 0.15) is 5.76 Å². The molecule has 2 N–H and O–H groups in total. The van der Waals surface area contributed by atoms with Gasteiger partial charge < -0.3 is 15.1 Å². The van der Waals surface area contributed by atoms with Gasteiger partial charge in [-0.05, 0) is 49.7 Å². The molecule has 0 fully saturated rings. The van der Waals surface area contributed by atoms with Crippen molar-refractivity contribution < 1.29 is 9.21 Å². The lowest BCUT2D eigenvalue weighted by molar-refractivity contribution is -0.120. The highest BCUT2D eigenvalue weighted by Gasteiger charge is 2.15. The summed E-state index contributed by atoms with van der Waals surface area (Å²) in [5.74, 6) is 1.10. The van der Waals surface area contributed by atoms with Gasteiger partial charge in [0, 0.05) is 37.0 Å². The highest BCUT2D eigenvalue weighted by Crippen LogP contribution is 2.16. The molecule has 0 aliphatic carbocycles. The molecule has 0 aliphatic rings. The molecule has 1 aromatic carbocycles. The molecule has 0 aliphatic heterocycles. The molecule has 8 nitrogen and oxygen atoms in total. The van der Waals surface area contributed by atoms with Crippen molar-refractivity contribution >= 4 is 17.5 Å². The van der Waals surface area contributed by atoms with Gasteiger partial charge in [-0.3, -0.25) is 9.59 Å². The van der Waals surface area contributed by atoms with E-state index in [-0.39, 0.29) is 17.9 Å². The molecule has 0 spiro atoms. The number of benzene rings is 1. The molecule has 3 aromatic rings. The fourth-order valence-corrected chi connectivity index (χ4v) is 3.73. The summed E-state index contributed by atoms with van der Waals surface area (Å²) in [6.45, 7) is 6.78. The normalized spacial score (nSPS) is 11.0. The average Bonchev–Trinajstić information content (AvgIpc) is 3.07. The van der Waals surface area contributed by atoms with Gasteiger partial charge in [0.2, 0.25) is 5.91 Å². The zero-order valence-electron chi connectivity index (χ0n) is 18.8. The summed E-state index contributed by atoms with van der Waals surface area (Å²) in [6, 6.07) is 5.60. The molecule has 0 radical (unpaired) electrons. The van der Waals surface area contributed by atoms with Crippen LogP contribution in [0, 0.1) is 20.8 Å². The Morgan fingerprint density at radius 1 is 1.19 bits per heavy atom. The zero-order chi connectivity index (χ0) is 23.3. The van der Waals surface area contributed by atoms with Crippen molar-refractivity contribution in [2.45, 2.75) is 53.2 Å². The number of rotatable bonds is 9. The van der Waals surface area contributed by atoms with E-state index >= 15 is 0 Å². The topological polar surface area (TPSA) is 102 Å². The van der Waals surface area contributed by atoms with Crippen LogP contribution in [0.1, 0.15) is 39.6 Å². The number of aryl methyl sites for hydroxylation is 5. The number of halogens is 1. The number of aromatic nitrogens is 3. The molecule has 2 heterocycles. The standard InChI is InChI=1S/C23H28ClN5O3/c1-14-11-27-29(8-7-21-15(2)32-16(3)28-21)23(31)20(14)10-22(30)26-13-18-9-19(24)6-5-17(18)12-25-4/h5-6,9,11,25H,7-8,10,12-13H2,1-4H3,(H,26,30). The number of carbonyl (C=O) groups excluding carboxylic acids is 1. The van der Waals surface area contributed by atoms with Crippen LogP contribution in [0.2, 0.25) is 5.02 Å². The first-order valence-corrected chi connectivity index (χ1v) is 10.8. The molecule has 9 heteroatoms. The minimum Gasteiger partial charge on any atom is -0.446 e. The molecule has 170 valence electrons. The highest BCUT2D eigenvalue weighted by molar-refractivity contribution is 6.30. The molecule has 0 bridgehead atoms. The molecule has 3 rings (SSSR count). The van der Waals surface area contributed by atoms with E-state index in [9.17, 15) is 9.59 Å². The quantitative estimate of drug-likeness (QED) is 0.512. The van der Waals surface area contributed by atoms with E-state index < -0.39 is 0 Å². The van der Waals surface area contributed by atoms with Gasteiger partial charge >= 0.3 is 0 Å². The first-order chi connectivity index (χ1) is 15.3. The Morgan fingerprint density at radius 3 is 2.66 bits per heavy atom. The summed E-state index contributed by atoms with van der Waals surface area (Å²) in [5, 5.41) is 10.8. The molecule has 0 atom stereocenters. The SMILES string of the molecule is CNCc1ccc(Cl)cc1CNC(=O)Cc1c(C)cnn(CCc2nc(C)oc2C)c1=O. The Hall–Kier alpha value is -2.97. The van der Waals surface area contributed by atoms with Gasteiger partial charge in [-0.1, -0.05) is 17.7 Å². The summed E-state index contributed by atoms with van der Waals surface area (Å²) < 4.78 is 6.82. The van der Waals surface area contributed by atoms with Crippen molar-refractivity contribution in [2.75, 3.05) is 7.05 Å². The van der Waals surface area contributed by atoms with Gasteiger partial charge in [-0.2, -0.15) is 5.10 Å². The molecule has 2 aromatic heterocycles. The van der Waals surface area contributed by atoms with E-state index in [4.69, 9.17) is 16.0 Å². The maximum atomic E-state index is 12.9. The Balaban J connectivity index is 1.68. The van der Waals surface area contributed by atoms with Crippen LogP contribution in [0.4, 0.5) is 0 Å². The van der Waals surface area contributed by atoms with Crippen molar-refractivity contribution in [1.82, 2.24) is 25.4 Å². The predicted octanol–water partition coefficient (Wildman–Crippen LogP) is 2.63. The van der Waals surface area contributed by atoms with Crippen LogP contribution in [0.3, 0.4) is 0 Å². The monoisotopic (exact) mass is 457 g/mol. The number of hydrogen-bond donors (Lipinski definition) is 2. The minimum atomic E-state index is -0.267. The maximum absolute atomic E-state index is 12.9. The lowest BCUT2D eigenvalue weighted by atomic mass is 10.1. The van der Waals surface area contributed by atoms with E-state index in [1.807, 2.05) is 32.2 Å². The number of carbonyl (C=O) groups is 1. The van der Waals surface area contributed by atoms with Crippen LogP contribution in [-0.4, -0.2) is 27.7 Å². The molecule has 32 heavy (non-hydrogen) atoms. The van der Waals surface area contributed by atoms with Gasteiger partial charge in [-0.25, -0.2) is 9.67 Å². The summed E-state index contributed by atoms with van der Waals surface area (Å²) in [4.78, 5) is 29.9. The van der Waals surface area contributed by atoms with Crippen molar-refractivity contribution in [3.63, 3.8) is 0 Å². The molecule has 1 amide bonds. The third-order valence-corrected chi connectivity index (χ3v) is 5.50.